The van der Waals surface area contributed by atoms with E-state index >= 15 is 0 Å². The van der Waals surface area contributed by atoms with Gasteiger partial charge >= 0.3 is 0 Å². The Bertz CT molecular complexity index is 551. The van der Waals surface area contributed by atoms with Crippen LogP contribution < -0.4 is 0 Å². The average Bonchev–Trinajstić information content (AvgIpc) is 3.06. The van der Waals surface area contributed by atoms with Crippen molar-refractivity contribution in [1.82, 2.24) is 19.1 Å². The molecule has 0 fully saturated rings. The minimum Gasteiger partial charge on any atom is -0.335 e. The van der Waals surface area contributed by atoms with Crippen LogP contribution in [0.3, 0.4) is 0 Å². The molecule has 0 N–H and O–H groups in total. The van der Waals surface area contributed by atoms with E-state index in [1.54, 1.807) is 0 Å². The molecule has 0 atom stereocenters. The summed E-state index contributed by atoms with van der Waals surface area (Å²) in [5.74, 6) is 2.63. The quantitative estimate of drug-likeness (QED) is 0.697. The van der Waals surface area contributed by atoms with Crippen molar-refractivity contribution >= 4 is 0 Å². The fraction of sp³-hybridized carbons (Fsp3) is 0.667. The zero-order valence-electron chi connectivity index (χ0n) is 14.5. The van der Waals surface area contributed by atoms with Gasteiger partial charge in [0.15, 0.2) is 0 Å². The van der Waals surface area contributed by atoms with E-state index in [-0.39, 0.29) is 0 Å². The molecule has 4 nitrogen and oxygen atoms in total. The van der Waals surface area contributed by atoms with Crippen molar-refractivity contribution in [3.63, 3.8) is 0 Å². The second kappa shape index (κ2) is 8.16. The number of imidazole rings is 2. The first-order chi connectivity index (χ1) is 10.6. The van der Waals surface area contributed by atoms with E-state index in [1.165, 1.54) is 25.0 Å². The first kappa shape index (κ1) is 16.8. The van der Waals surface area contributed by atoms with Gasteiger partial charge in [0.1, 0.15) is 5.82 Å². The first-order valence-corrected chi connectivity index (χ1v) is 8.55. The van der Waals surface area contributed by atoms with E-state index in [0.29, 0.717) is 0 Å². The molecule has 0 saturated carbocycles. The number of rotatable bonds is 9. The highest BCUT2D eigenvalue weighted by Gasteiger charge is 2.09. The van der Waals surface area contributed by atoms with E-state index in [9.17, 15) is 0 Å². The molecule has 2 aromatic rings. The van der Waals surface area contributed by atoms with Crippen molar-refractivity contribution in [3.05, 3.63) is 36.4 Å². The summed E-state index contributed by atoms with van der Waals surface area (Å²) < 4.78 is 4.56. The van der Waals surface area contributed by atoms with Gasteiger partial charge in [-0.05, 0) is 31.1 Å². The Morgan fingerprint density at radius 3 is 2.50 bits per heavy atom. The number of nitrogens with zero attached hydrogens (tertiary/aromatic N) is 4. The van der Waals surface area contributed by atoms with Gasteiger partial charge in [0.25, 0.3) is 0 Å². The summed E-state index contributed by atoms with van der Waals surface area (Å²) in [4.78, 5) is 8.87. The zero-order chi connectivity index (χ0) is 15.9. The zero-order valence-corrected chi connectivity index (χ0v) is 14.5. The summed E-state index contributed by atoms with van der Waals surface area (Å²) in [5.41, 5.74) is 1.26. The lowest BCUT2D eigenvalue weighted by atomic mass is 10.1. The maximum Gasteiger partial charge on any atom is 0.114 e. The van der Waals surface area contributed by atoms with Crippen LogP contribution in [0.25, 0.3) is 0 Å². The lowest BCUT2D eigenvalue weighted by Gasteiger charge is -2.12. The van der Waals surface area contributed by atoms with Gasteiger partial charge in [0.2, 0.25) is 0 Å². The molecule has 2 heterocycles. The maximum absolute atomic E-state index is 4.54. The van der Waals surface area contributed by atoms with Crippen LogP contribution in [-0.2, 0) is 19.5 Å². The van der Waals surface area contributed by atoms with Crippen molar-refractivity contribution in [1.29, 1.82) is 0 Å². The third-order valence-electron chi connectivity index (χ3n) is 4.07. The topological polar surface area (TPSA) is 35.6 Å². The van der Waals surface area contributed by atoms with Crippen LogP contribution in [0.4, 0.5) is 0 Å². The number of hydrogen-bond acceptors (Lipinski definition) is 2. The molecule has 22 heavy (non-hydrogen) atoms. The fourth-order valence-electron chi connectivity index (χ4n) is 2.64. The van der Waals surface area contributed by atoms with Gasteiger partial charge < -0.3 is 9.13 Å². The van der Waals surface area contributed by atoms with Crippen molar-refractivity contribution in [3.8, 4) is 0 Å². The van der Waals surface area contributed by atoms with Crippen molar-refractivity contribution in [2.45, 2.75) is 66.5 Å². The van der Waals surface area contributed by atoms with Gasteiger partial charge in [-0.25, -0.2) is 9.97 Å². The Hall–Kier alpha value is -1.58. The van der Waals surface area contributed by atoms with Crippen molar-refractivity contribution < 1.29 is 0 Å². The molecule has 4 heteroatoms. The van der Waals surface area contributed by atoms with Crippen LogP contribution in [0.5, 0.6) is 0 Å². The van der Waals surface area contributed by atoms with E-state index < -0.39 is 0 Å². The van der Waals surface area contributed by atoms with Crippen molar-refractivity contribution in [2.75, 3.05) is 0 Å². The predicted molar refractivity (Wildman–Crippen MR) is 90.8 cm³/mol. The highest BCUT2D eigenvalue weighted by molar-refractivity contribution is 5.08. The molecule has 0 aliphatic carbocycles. The van der Waals surface area contributed by atoms with Crippen LogP contribution in [0.15, 0.2) is 24.9 Å². The monoisotopic (exact) mass is 302 g/mol. The van der Waals surface area contributed by atoms with E-state index in [1.807, 2.05) is 18.7 Å². The lowest BCUT2D eigenvalue weighted by Crippen LogP contribution is -2.09. The minimum absolute atomic E-state index is 0.719. The molecule has 0 amide bonds. The van der Waals surface area contributed by atoms with Gasteiger partial charge in [0.05, 0.1) is 6.33 Å². The predicted octanol–water partition coefficient (Wildman–Crippen LogP) is 4.15. The summed E-state index contributed by atoms with van der Waals surface area (Å²) >= 11 is 0. The van der Waals surface area contributed by atoms with Crippen LogP contribution in [0.1, 0.15) is 58.5 Å². The molecule has 2 aromatic heterocycles. The number of hydrogen-bond donors (Lipinski definition) is 0. The molecule has 0 aromatic carbocycles. The molecule has 2 rings (SSSR count). The van der Waals surface area contributed by atoms with Crippen LogP contribution in [0.2, 0.25) is 0 Å². The second-order valence-corrected chi connectivity index (χ2v) is 7.01. The smallest absolute Gasteiger partial charge is 0.114 e. The third kappa shape index (κ3) is 5.00. The Balaban J connectivity index is 1.96. The standard InChI is InChI=1S/C18H30N4/c1-15(2)6-5-9-22-14-19-13-17(22)12-18-20-8-11-21(18)10-7-16(3)4/h8,11,13-16H,5-7,9-10,12H2,1-4H3. The molecule has 0 aliphatic rings. The van der Waals surface area contributed by atoms with Crippen LogP contribution in [-0.4, -0.2) is 19.1 Å². The Morgan fingerprint density at radius 1 is 1.00 bits per heavy atom. The van der Waals surface area contributed by atoms with Gasteiger partial charge in [0, 0.05) is 43.8 Å². The third-order valence-corrected chi connectivity index (χ3v) is 4.07. The summed E-state index contributed by atoms with van der Waals surface area (Å²) in [6.45, 7) is 11.2. The normalized spacial score (nSPS) is 11.7. The van der Waals surface area contributed by atoms with Gasteiger partial charge in [-0.2, -0.15) is 0 Å². The molecular formula is C18H30N4. The molecular weight excluding hydrogens is 272 g/mol. The molecule has 0 unspecified atom stereocenters. The van der Waals surface area contributed by atoms with E-state index in [0.717, 1.165) is 37.2 Å². The van der Waals surface area contributed by atoms with Crippen LogP contribution >= 0.6 is 0 Å². The molecule has 0 spiro atoms. The molecule has 0 saturated heterocycles. The highest BCUT2D eigenvalue weighted by Crippen LogP contribution is 2.12. The Labute approximate surface area is 134 Å². The summed E-state index contributed by atoms with van der Waals surface area (Å²) in [6.07, 6.45) is 12.5. The number of aryl methyl sites for hydroxylation is 2. The molecule has 0 bridgehead atoms. The lowest BCUT2D eigenvalue weighted by molar-refractivity contribution is 0.497. The minimum atomic E-state index is 0.719. The Morgan fingerprint density at radius 2 is 1.77 bits per heavy atom. The van der Waals surface area contributed by atoms with E-state index in [4.69, 9.17) is 0 Å². The SMILES string of the molecule is CC(C)CCCn1cncc1Cc1nccn1CCC(C)C. The van der Waals surface area contributed by atoms with Gasteiger partial charge in [-0.15, -0.1) is 0 Å². The molecule has 0 aliphatic heterocycles. The summed E-state index contributed by atoms with van der Waals surface area (Å²) in [6, 6.07) is 0. The summed E-state index contributed by atoms with van der Waals surface area (Å²) in [7, 11) is 0. The Kier molecular flexibility index (Phi) is 6.22. The van der Waals surface area contributed by atoms with Gasteiger partial charge in [-0.3, -0.25) is 0 Å². The van der Waals surface area contributed by atoms with Gasteiger partial charge in [-0.1, -0.05) is 27.7 Å². The summed E-state index contributed by atoms with van der Waals surface area (Å²) in [5, 5.41) is 0. The number of aromatic nitrogens is 4. The van der Waals surface area contributed by atoms with Crippen LogP contribution in [0, 0.1) is 11.8 Å². The van der Waals surface area contributed by atoms with Crippen molar-refractivity contribution in [2.24, 2.45) is 11.8 Å². The maximum atomic E-state index is 4.54. The first-order valence-electron chi connectivity index (χ1n) is 8.55. The second-order valence-electron chi connectivity index (χ2n) is 7.01. The molecule has 122 valence electrons. The average molecular weight is 302 g/mol. The fourth-order valence-corrected chi connectivity index (χ4v) is 2.64. The van der Waals surface area contributed by atoms with E-state index in [2.05, 4.69) is 53.0 Å². The molecule has 0 radical (unpaired) electrons. The highest BCUT2D eigenvalue weighted by atomic mass is 15.1. The largest absolute Gasteiger partial charge is 0.335 e.